The van der Waals surface area contributed by atoms with Gasteiger partial charge >= 0.3 is 0 Å². The number of hydrogen-bond donors (Lipinski definition) is 0. The van der Waals surface area contributed by atoms with E-state index in [-0.39, 0.29) is 0 Å². The van der Waals surface area contributed by atoms with Crippen molar-refractivity contribution in [1.82, 2.24) is 0 Å². The SMILES string of the molecule is CC[Si](Cl)(CC)CCCCCC[Si](Cl)(CC)CC. The predicted octanol–water partition coefficient (Wildman–Crippen LogP) is 7.00. The van der Waals surface area contributed by atoms with Crippen molar-refractivity contribution in [2.45, 2.75) is 89.6 Å². The molecule has 0 radical (unpaired) electrons. The van der Waals surface area contributed by atoms with E-state index in [0.717, 1.165) is 0 Å². The highest BCUT2D eigenvalue weighted by Gasteiger charge is 2.26. The molecule has 0 aromatic heterocycles. The van der Waals surface area contributed by atoms with Crippen molar-refractivity contribution in [3.63, 3.8) is 0 Å². The zero-order valence-electron chi connectivity index (χ0n) is 12.8. The Labute approximate surface area is 126 Å². The fraction of sp³-hybridized carbons (Fsp3) is 1.00. The van der Waals surface area contributed by atoms with Crippen LogP contribution in [0.1, 0.15) is 53.4 Å². The maximum Gasteiger partial charge on any atom is 0.156 e. The van der Waals surface area contributed by atoms with Crippen LogP contribution in [-0.4, -0.2) is 14.8 Å². The van der Waals surface area contributed by atoms with Gasteiger partial charge in [-0.1, -0.05) is 53.4 Å². The third-order valence-corrected chi connectivity index (χ3v) is 16.4. The van der Waals surface area contributed by atoms with Crippen molar-refractivity contribution in [3.8, 4) is 0 Å². The fourth-order valence-corrected chi connectivity index (χ4v) is 7.43. The summed E-state index contributed by atoms with van der Waals surface area (Å²) in [4.78, 5) is 0. The lowest BCUT2D eigenvalue weighted by Gasteiger charge is -2.22. The molecule has 0 unspecified atom stereocenters. The van der Waals surface area contributed by atoms with Gasteiger partial charge in [0.1, 0.15) is 0 Å². The molecule has 110 valence electrons. The Bertz CT molecular complexity index is 180. The molecule has 18 heavy (non-hydrogen) atoms. The van der Waals surface area contributed by atoms with Gasteiger partial charge in [-0.2, -0.15) is 22.2 Å². The van der Waals surface area contributed by atoms with E-state index in [1.807, 2.05) is 0 Å². The van der Waals surface area contributed by atoms with Gasteiger partial charge in [0.25, 0.3) is 0 Å². The van der Waals surface area contributed by atoms with Gasteiger partial charge in [-0.05, 0) is 36.3 Å². The lowest BCUT2D eigenvalue weighted by Crippen LogP contribution is -2.24. The van der Waals surface area contributed by atoms with Crippen molar-refractivity contribution in [2.24, 2.45) is 0 Å². The van der Waals surface area contributed by atoms with Crippen LogP contribution in [-0.2, 0) is 0 Å². The topological polar surface area (TPSA) is 0 Å². The first-order valence-electron chi connectivity index (χ1n) is 7.83. The molecule has 0 aromatic carbocycles. The van der Waals surface area contributed by atoms with Gasteiger partial charge in [-0.25, -0.2) is 0 Å². The van der Waals surface area contributed by atoms with E-state index in [2.05, 4.69) is 27.7 Å². The summed E-state index contributed by atoms with van der Waals surface area (Å²) in [5.74, 6) is 0. The highest BCUT2D eigenvalue weighted by molar-refractivity contribution is 7.20. The fourth-order valence-electron chi connectivity index (χ4n) is 2.44. The maximum atomic E-state index is 6.66. The lowest BCUT2D eigenvalue weighted by molar-refractivity contribution is 0.691. The molecule has 0 heterocycles. The molecule has 0 fully saturated rings. The van der Waals surface area contributed by atoms with Gasteiger partial charge < -0.3 is 0 Å². The lowest BCUT2D eigenvalue weighted by atomic mass is 10.2. The molecule has 0 spiro atoms. The van der Waals surface area contributed by atoms with E-state index < -0.39 is 14.8 Å². The Morgan fingerprint density at radius 3 is 1.06 bits per heavy atom. The summed E-state index contributed by atoms with van der Waals surface area (Å²) in [6.45, 7) is 9.05. The molecule has 0 bridgehead atoms. The Balaban J connectivity index is 3.63. The number of rotatable bonds is 11. The second-order valence-corrected chi connectivity index (χ2v) is 18.9. The van der Waals surface area contributed by atoms with Crippen LogP contribution in [0.5, 0.6) is 0 Å². The first-order chi connectivity index (χ1) is 8.45. The molecule has 0 saturated heterocycles. The first-order valence-corrected chi connectivity index (χ1v) is 15.1. The van der Waals surface area contributed by atoms with E-state index in [1.165, 1.54) is 61.9 Å². The Morgan fingerprint density at radius 2 is 0.833 bits per heavy atom. The highest BCUT2D eigenvalue weighted by atomic mass is 35.6. The van der Waals surface area contributed by atoms with E-state index in [9.17, 15) is 0 Å². The van der Waals surface area contributed by atoms with Crippen molar-refractivity contribution >= 4 is 36.9 Å². The van der Waals surface area contributed by atoms with Crippen LogP contribution in [0.2, 0.25) is 36.3 Å². The molecule has 0 saturated carbocycles. The number of halogens is 2. The molecule has 0 aliphatic heterocycles. The molecule has 0 N–H and O–H groups in total. The van der Waals surface area contributed by atoms with Gasteiger partial charge in [0.15, 0.2) is 14.8 Å². The minimum absolute atomic E-state index is 1.23. The van der Waals surface area contributed by atoms with Gasteiger partial charge in [0.05, 0.1) is 0 Å². The summed E-state index contributed by atoms with van der Waals surface area (Å²) in [5.41, 5.74) is 0. The van der Waals surface area contributed by atoms with Crippen LogP contribution < -0.4 is 0 Å². The average Bonchev–Trinajstić information content (AvgIpc) is 2.42. The van der Waals surface area contributed by atoms with Crippen LogP contribution in [0.25, 0.3) is 0 Å². The predicted molar refractivity (Wildman–Crippen MR) is 93.2 cm³/mol. The molecule has 0 rings (SSSR count). The van der Waals surface area contributed by atoms with E-state index >= 15 is 0 Å². The largest absolute Gasteiger partial charge is 0.167 e. The summed E-state index contributed by atoms with van der Waals surface area (Å²) in [6, 6.07) is 7.55. The summed E-state index contributed by atoms with van der Waals surface area (Å²) < 4.78 is 0. The van der Waals surface area contributed by atoms with E-state index in [4.69, 9.17) is 22.2 Å². The molecular weight excluding hydrogens is 295 g/mol. The van der Waals surface area contributed by atoms with Crippen molar-refractivity contribution in [2.75, 3.05) is 0 Å². The second kappa shape index (κ2) is 9.85. The van der Waals surface area contributed by atoms with Gasteiger partial charge in [-0.15, -0.1) is 0 Å². The third-order valence-electron chi connectivity index (χ3n) is 4.53. The third kappa shape index (κ3) is 7.57. The van der Waals surface area contributed by atoms with Crippen LogP contribution >= 0.6 is 22.2 Å². The quantitative estimate of drug-likeness (QED) is 0.218. The molecule has 0 aliphatic carbocycles. The molecule has 4 heteroatoms. The van der Waals surface area contributed by atoms with E-state index in [1.54, 1.807) is 0 Å². The normalized spacial score (nSPS) is 13.0. The van der Waals surface area contributed by atoms with Gasteiger partial charge in [0.2, 0.25) is 0 Å². The van der Waals surface area contributed by atoms with Gasteiger partial charge in [0, 0.05) is 0 Å². The van der Waals surface area contributed by atoms with Gasteiger partial charge in [-0.3, -0.25) is 0 Å². The van der Waals surface area contributed by atoms with E-state index in [0.29, 0.717) is 0 Å². The zero-order chi connectivity index (χ0) is 14.1. The summed E-state index contributed by atoms with van der Waals surface area (Å²) >= 11 is 13.3. The molecule has 0 aromatic rings. The minimum atomic E-state index is -1.35. The summed E-state index contributed by atoms with van der Waals surface area (Å²) in [6.07, 6.45) is 5.39. The van der Waals surface area contributed by atoms with Crippen LogP contribution in [0, 0.1) is 0 Å². The molecular formula is C14H32Cl2Si2. The zero-order valence-corrected chi connectivity index (χ0v) is 16.3. The summed E-state index contributed by atoms with van der Waals surface area (Å²) in [5, 5.41) is 0. The average molecular weight is 327 g/mol. The van der Waals surface area contributed by atoms with Crippen LogP contribution in [0.15, 0.2) is 0 Å². The second-order valence-electron chi connectivity index (χ2n) is 5.63. The highest BCUT2D eigenvalue weighted by Crippen LogP contribution is 2.30. The number of hydrogen-bond acceptors (Lipinski definition) is 0. The standard InChI is InChI=1S/C14H32Cl2Si2/c1-5-17(15,6-2)13-11-9-10-12-14-18(16,7-3)8-4/h5-14H2,1-4H3. The summed E-state index contributed by atoms with van der Waals surface area (Å²) in [7, 11) is -2.71. The Hall–Kier alpha value is 1.01. The minimum Gasteiger partial charge on any atom is -0.167 e. The van der Waals surface area contributed by atoms with Crippen molar-refractivity contribution in [1.29, 1.82) is 0 Å². The molecule has 0 atom stereocenters. The first kappa shape index (κ1) is 19.0. The Morgan fingerprint density at radius 1 is 0.556 bits per heavy atom. The van der Waals surface area contributed by atoms with Crippen LogP contribution in [0.4, 0.5) is 0 Å². The number of unbranched alkanes of at least 4 members (excludes halogenated alkanes) is 3. The molecule has 0 amide bonds. The maximum absolute atomic E-state index is 6.66. The molecule has 0 nitrogen and oxygen atoms in total. The van der Waals surface area contributed by atoms with Crippen molar-refractivity contribution < 1.29 is 0 Å². The monoisotopic (exact) mass is 326 g/mol. The van der Waals surface area contributed by atoms with Crippen LogP contribution in [0.3, 0.4) is 0 Å². The smallest absolute Gasteiger partial charge is 0.156 e. The molecule has 0 aliphatic rings. The van der Waals surface area contributed by atoms with Crippen molar-refractivity contribution in [3.05, 3.63) is 0 Å². The Kier molecular flexibility index (Phi) is 10.4.